The Kier molecular flexibility index (Phi) is 5.64. The second-order valence-corrected chi connectivity index (χ2v) is 8.89. The lowest BCUT2D eigenvalue weighted by Crippen LogP contribution is -2.29. The van der Waals surface area contributed by atoms with Crippen LogP contribution < -0.4 is 10.2 Å². The molecule has 1 fully saturated rings. The summed E-state index contributed by atoms with van der Waals surface area (Å²) in [5, 5.41) is 5.18. The second kappa shape index (κ2) is 8.58. The van der Waals surface area contributed by atoms with Gasteiger partial charge in [0, 0.05) is 22.5 Å². The third-order valence-electron chi connectivity index (χ3n) is 5.53. The molecule has 4 aromatic rings. The summed E-state index contributed by atoms with van der Waals surface area (Å²) in [6.45, 7) is 2.06. The lowest BCUT2D eigenvalue weighted by molar-refractivity contribution is 0.439. The standard InChI is InChI=1S/C25H19Cl2N3OS/c1-15-5-8-17(9-6-15)30-24(23(29-25(30)32)20-4-2-3-13-28-20)22-12-11-21(31-22)18-10-7-16(26)14-19(18)27/h2-14,23-24H,1H3,(H,29,32)/t23-,24-/m1/s1. The summed E-state index contributed by atoms with van der Waals surface area (Å²) in [5.74, 6) is 1.43. The smallest absolute Gasteiger partial charge is 0.174 e. The number of benzene rings is 2. The maximum absolute atomic E-state index is 6.42. The molecular weight excluding hydrogens is 461 g/mol. The Labute approximate surface area is 201 Å². The summed E-state index contributed by atoms with van der Waals surface area (Å²) >= 11 is 18.2. The number of nitrogens with zero attached hydrogens (tertiary/aromatic N) is 2. The van der Waals surface area contributed by atoms with Crippen LogP contribution in [0, 0.1) is 6.92 Å². The highest BCUT2D eigenvalue weighted by atomic mass is 35.5. The molecule has 7 heteroatoms. The molecule has 0 amide bonds. The first-order valence-corrected chi connectivity index (χ1v) is 11.3. The van der Waals surface area contributed by atoms with Crippen LogP contribution in [0.2, 0.25) is 10.0 Å². The Morgan fingerprint density at radius 1 is 1.00 bits per heavy atom. The largest absolute Gasteiger partial charge is 0.459 e. The van der Waals surface area contributed by atoms with Crippen molar-refractivity contribution in [2.75, 3.05) is 4.90 Å². The Bertz CT molecular complexity index is 1270. The number of hydrogen-bond donors (Lipinski definition) is 1. The molecule has 2 aromatic carbocycles. The van der Waals surface area contributed by atoms with Gasteiger partial charge in [-0.25, -0.2) is 0 Å². The Morgan fingerprint density at radius 3 is 2.53 bits per heavy atom. The third-order valence-corrected chi connectivity index (χ3v) is 6.39. The fourth-order valence-corrected chi connectivity index (χ4v) is 4.82. The van der Waals surface area contributed by atoms with Crippen molar-refractivity contribution in [1.29, 1.82) is 0 Å². The molecule has 0 aliphatic carbocycles. The highest BCUT2D eigenvalue weighted by molar-refractivity contribution is 7.80. The van der Waals surface area contributed by atoms with Gasteiger partial charge in [-0.15, -0.1) is 0 Å². The van der Waals surface area contributed by atoms with E-state index >= 15 is 0 Å². The summed E-state index contributed by atoms with van der Waals surface area (Å²) in [5.41, 5.74) is 3.84. The second-order valence-electron chi connectivity index (χ2n) is 7.66. The zero-order valence-electron chi connectivity index (χ0n) is 17.1. The first-order chi connectivity index (χ1) is 15.5. The van der Waals surface area contributed by atoms with Gasteiger partial charge >= 0.3 is 0 Å². The third kappa shape index (κ3) is 3.88. The van der Waals surface area contributed by atoms with Gasteiger partial charge in [0.25, 0.3) is 0 Å². The molecule has 0 radical (unpaired) electrons. The van der Waals surface area contributed by atoms with E-state index < -0.39 is 0 Å². The number of aryl methyl sites for hydroxylation is 1. The maximum atomic E-state index is 6.42. The molecule has 0 saturated carbocycles. The molecule has 0 unspecified atom stereocenters. The lowest BCUT2D eigenvalue weighted by atomic mass is 10.0. The monoisotopic (exact) mass is 479 g/mol. The molecule has 160 valence electrons. The van der Waals surface area contributed by atoms with Crippen molar-refractivity contribution >= 4 is 46.2 Å². The maximum Gasteiger partial charge on any atom is 0.174 e. The van der Waals surface area contributed by atoms with E-state index in [-0.39, 0.29) is 12.1 Å². The number of aromatic nitrogens is 1. The normalized spacial score (nSPS) is 18.1. The quantitative estimate of drug-likeness (QED) is 0.315. The number of thiocarbonyl (C=S) groups is 1. The average molecular weight is 480 g/mol. The predicted molar refractivity (Wildman–Crippen MR) is 133 cm³/mol. The molecule has 4 nitrogen and oxygen atoms in total. The number of pyridine rings is 1. The fraction of sp³-hybridized carbons (Fsp3) is 0.120. The molecule has 1 aliphatic heterocycles. The predicted octanol–water partition coefficient (Wildman–Crippen LogP) is 7.13. The van der Waals surface area contributed by atoms with Gasteiger partial charge in [0.2, 0.25) is 0 Å². The first-order valence-electron chi connectivity index (χ1n) is 10.1. The van der Waals surface area contributed by atoms with E-state index in [1.54, 1.807) is 18.3 Å². The van der Waals surface area contributed by atoms with Crippen LogP contribution in [0.5, 0.6) is 0 Å². The van der Waals surface area contributed by atoms with Crippen LogP contribution in [0.25, 0.3) is 11.3 Å². The van der Waals surface area contributed by atoms with Crippen molar-refractivity contribution in [3.05, 3.63) is 106 Å². The Hall–Kier alpha value is -2.86. The molecule has 0 bridgehead atoms. The highest BCUT2D eigenvalue weighted by Crippen LogP contribution is 2.43. The summed E-state index contributed by atoms with van der Waals surface area (Å²) in [7, 11) is 0. The lowest BCUT2D eigenvalue weighted by Gasteiger charge is -2.26. The van der Waals surface area contributed by atoms with Crippen molar-refractivity contribution in [1.82, 2.24) is 10.3 Å². The van der Waals surface area contributed by atoms with Gasteiger partial charge in [0.1, 0.15) is 17.6 Å². The molecule has 3 heterocycles. The van der Waals surface area contributed by atoms with Crippen molar-refractivity contribution in [2.24, 2.45) is 0 Å². The van der Waals surface area contributed by atoms with Gasteiger partial charge in [0.15, 0.2) is 5.11 Å². The summed E-state index contributed by atoms with van der Waals surface area (Å²) in [4.78, 5) is 6.66. The van der Waals surface area contributed by atoms with E-state index in [2.05, 4.69) is 46.4 Å². The van der Waals surface area contributed by atoms with E-state index in [0.29, 0.717) is 20.9 Å². The van der Waals surface area contributed by atoms with Crippen LogP contribution in [-0.4, -0.2) is 10.1 Å². The SMILES string of the molecule is Cc1ccc(N2C(=S)N[C@H](c3ccccn3)[C@H]2c2ccc(-c3ccc(Cl)cc3Cl)o2)cc1. The van der Waals surface area contributed by atoms with Crippen LogP contribution in [0.4, 0.5) is 5.69 Å². The van der Waals surface area contributed by atoms with Gasteiger partial charge in [-0.05, 0) is 73.7 Å². The summed E-state index contributed by atoms with van der Waals surface area (Å²) < 4.78 is 6.35. The number of furan rings is 1. The van der Waals surface area contributed by atoms with Gasteiger partial charge in [0.05, 0.1) is 16.8 Å². The Balaban J connectivity index is 1.60. The number of halogens is 2. The molecule has 32 heavy (non-hydrogen) atoms. The minimum atomic E-state index is -0.222. The minimum absolute atomic E-state index is 0.176. The van der Waals surface area contributed by atoms with Gasteiger partial charge in [-0.2, -0.15) is 0 Å². The zero-order chi connectivity index (χ0) is 22.2. The molecule has 1 N–H and O–H groups in total. The minimum Gasteiger partial charge on any atom is -0.459 e. The van der Waals surface area contributed by atoms with E-state index in [9.17, 15) is 0 Å². The van der Waals surface area contributed by atoms with Crippen LogP contribution in [0.15, 0.2) is 83.4 Å². The topological polar surface area (TPSA) is 41.3 Å². The van der Waals surface area contributed by atoms with Crippen molar-refractivity contribution in [3.63, 3.8) is 0 Å². The zero-order valence-corrected chi connectivity index (χ0v) is 19.5. The number of rotatable bonds is 4. The number of anilines is 1. The number of hydrogen-bond acceptors (Lipinski definition) is 3. The van der Waals surface area contributed by atoms with Crippen LogP contribution in [-0.2, 0) is 0 Å². The Morgan fingerprint density at radius 2 is 1.81 bits per heavy atom. The van der Waals surface area contributed by atoms with Crippen LogP contribution >= 0.6 is 35.4 Å². The average Bonchev–Trinajstić information content (AvgIpc) is 3.39. The van der Waals surface area contributed by atoms with E-state index in [0.717, 1.165) is 22.7 Å². The van der Waals surface area contributed by atoms with Crippen LogP contribution in [0.1, 0.15) is 29.1 Å². The highest BCUT2D eigenvalue weighted by Gasteiger charge is 2.42. The van der Waals surface area contributed by atoms with E-state index in [1.165, 1.54) is 5.56 Å². The molecule has 1 saturated heterocycles. The molecule has 5 rings (SSSR count). The first kappa shape index (κ1) is 21.0. The van der Waals surface area contributed by atoms with Crippen molar-refractivity contribution in [2.45, 2.75) is 19.0 Å². The van der Waals surface area contributed by atoms with Gasteiger partial charge in [-0.3, -0.25) is 4.98 Å². The van der Waals surface area contributed by atoms with Crippen molar-refractivity contribution in [3.8, 4) is 11.3 Å². The molecule has 2 atom stereocenters. The van der Waals surface area contributed by atoms with E-state index in [4.69, 9.17) is 39.8 Å². The number of nitrogens with one attached hydrogen (secondary N) is 1. The van der Waals surface area contributed by atoms with Crippen molar-refractivity contribution < 1.29 is 4.42 Å². The summed E-state index contributed by atoms with van der Waals surface area (Å²) in [6, 6.07) is 23.0. The molecule has 1 aliphatic rings. The van der Waals surface area contributed by atoms with Crippen LogP contribution in [0.3, 0.4) is 0 Å². The molecule has 0 spiro atoms. The van der Waals surface area contributed by atoms with E-state index in [1.807, 2.05) is 36.4 Å². The summed E-state index contributed by atoms with van der Waals surface area (Å²) in [6.07, 6.45) is 1.78. The van der Waals surface area contributed by atoms with Gasteiger partial charge < -0.3 is 14.6 Å². The van der Waals surface area contributed by atoms with Gasteiger partial charge in [-0.1, -0.05) is 47.0 Å². The molecule has 2 aromatic heterocycles. The molecular formula is C25H19Cl2N3OS. The fourth-order valence-electron chi connectivity index (χ4n) is 3.97.